The molecule has 0 saturated heterocycles. The SMILES string of the molecule is FC#CC=CCCCC1CC1. The van der Waals surface area contributed by atoms with E-state index < -0.39 is 0 Å². The normalized spacial score (nSPS) is 16.5. The Morgan fingerprint density at radius 2 is 2.27 bits per heavy atom. The van der Waals surface area contributed by atoms with E-state index in [0.717, 1.165) is 12.3 Å². The van der Waals surface area contributed by atoms with Gasteiger partial charge in [-0.15, -0.1) is 4.39 Å². The number of allylic oxidation sites excluding steroid dienone is 2. The van der Waals surface area contributed by atoms with Crippen molar-refractivity contribution in [2.75, 3.05) is 0 Å². The van der Waals surface area contributed by atoms with Crippen LogP contribution in [0.4, 0.5) is 4.39 Å². The first-order chi connectivity index (χ1) is 5.43. The predicted molar refractivity (Wildman–Crippen MR) is 44.6 cm³/mol. The van der Waals surface area contributed by atoms with Crippen molar-refractivity contribution in [1.29, 1.82) is 0 Å². The molecule has 0 nitrogen and oxygen atoms in total. The number of unbranched alkanes of at least 4 members (excludes halogenated alkanes) is 1. The highest BCUT2D eigenvalue weighted by Crippen LogP contribution is 2.33. The molecule has 0 amide bonds. The Hall–Kier alpha value is -0.770. The molecule has 1 aliphatic rings. The Bertz CT molecular complexity index is 179. The van der Waals surface area contributed by atoms with Gasteiger partial charge in [0.2, 0.25) is 0 Å². The molecule has 0 aromatic carbocycles. The van der Waals surface area contributed by atoms with E-state index in [1.54, 1.807) is 6.08 Å². The summed E-state index contributed by atoms with van der Waals surface area (Å²) >= 11 is 0. The molecule has 1 heteroatoms. The lowest BCUT2D eigenvalue weighted by atomic mass is 10.2. The molecule has 0 N–H and O–H groups in total. The van der Waals surface area contributed by atoms with Gasteiger partial charge in [0.05, 0.1) is 0 Å². The van der Waals surface area contributed by atoms with Crippen molar-refractivity contribution in [1.82, 2.24) is 0 Å². The maximum absolute atomic E-state index is 11.2. The molecule has 0 spiro atoms. The summed E-state index contributed by atoms with van der Waals surface area (Å²) in [5, 5.41) is 0. The Labute approximate surface area is 67.5 Å². The van der Waals surface area contributed by atoms with Crippen LogP contribution in [0.25, 0.3) is 0 Å². The van der Waals surface area contributed by atoms with E-state index in [1.807, 2.05) is 6.08 Å². The maximum Gasteiger partial charge on any atom is 0.110 e. The van der Waals surface area contributed by atoms with Gasteiger partial charge in [0.1, 0.15) is 6.17 Å². The Balaban J connectivity index is 1.88. The molecule has 1 saturated carbocycles. The molecule has 0 radical (unpaired) electrons. The zero-order chi connectivity index (χ0) is 7.94. The lowest BCUT2D eigenvalue weighted by molar-refractivity contribution is 0.675. The lowest BCUT2D eigenvalue weighted by Gasteiger charge is -1.90. The van der Waals surface area contributed by atoms with Crippen LogP contribution in [0.5, 0.6) is 0 Å². The summed E-state index contributed by atoms with van der Waals surface area (Å²) in [5.74, 6) is 3.26. The van der Waals surface area contributed by atoms with E-state index in [9.17, 15) is 4.39 Å². The molecular weight excluding hydrogens is 139 g/mol. The van der Waals surface area contributed by atoms with Crippen LogP contribution in [0.1, 0.15) is 32.1 Å². The Kier molecular flexibility index (Phi) is 3.75. The summed E-state index contributed by atoms with van der Waals surface area (Å²) in [6.45, 7) is 0. The molecule has 60 valence electrons. The minimum absolute atomic E-state index is 1.01. The Morgan fingerprint density at radius 1 is 1.45 bits per heavy atom. The van der Waals surface area contributed by atoms with E-state index in [-0.39, 0.29) is 0 Å². The van der Waals surface area contributed by atoms with Gasteiger partial charge in [-0.2, -0.15) is 0 Å². The minimum Gasteiger partial charge on any atom is -0.144 e. The van der Waals surface area contributed by atoms with Crippen molar-refractivity contribution in [2.45, 2.75) is 32.1 Å². The van der Waals surface area contributed by atoms with Crippen LogP contribution >= 0.6 is 0 Å². The van der Waals surface area contributed by atoms with Gasteiger partial charge in [-0.25, -0.2) is 0 Å². The fraction of sp³-hybridized carbons (Fsp3) is 0.600. The quantitative estimate of drug-likeness (QED) is 0.429. The molecule has 0 unspecified atom stereocenters. The van der Waals surface area contributed by atoms with Crippen molar-refractivity contribution in [3.63, 3.8) is 0 Å². The van der Waals surface area contributed by atoms with Crippen LogP contribution in [0.2, 0.25) is 0 Å². The first kappa shape index (κ1) is 8.33. The zero-order valence-corrected chi connectivity index (χ0v) is 6.65. The van der Waals surface area contributed by atoms with Crippen LogP contribution in [-0.4, -0.2) is 0 Å². The molecule has 0 aliphatic heterocycles. The molecule has 0 heterocycles. The first-order valence-corrected chi connectivity index (χ1v) is 4.19. The third kappa shape index (κ3) is 4.61. The van der Waals surface area contributed by atoms with Crippen LogP contribution in [0.15, 0.2) is 12.2 Å². The summed E-state index contributed by atoms with van der Waals surface area (Å²) in [7, 11) is 0. The van der Waals surface area contributed by atoms with E-state index in [1.165, 1.54) is 31.9 Å². The summed E-state index contributed by atoms with van der Waals surface area (Å²) < 4.78 is 11.2. The highest BCUT2D eigenvalue weighted by atomic mass is 19.1. The third-order valence-electron chi connectivity index (χ3n) is 1.94. The van der Waals surface area contributed by atoms with Gasteiger partial charge in [-0.3, -0.25) is 0 Å². The fourth-order valence-corrected chi connectivity index (χ4v) is 1.10. The van der Waals surface area contributed by atoms with Gasteiger partial charge in [0.25, 0.3) is 0 Å². The summed E-state index contributed by atoms with van der Waals surface area (Å²) in [5.41, 5.74) is 0. The topological polar surface area (TPSA) is 0 Å². The van der Waals surface area contributed by atoms with Crippen molar-refractivity contribution in [3.8, 4) is 12.1 Å². The molecule has 1 aliphatic carbocycles. The zero-order valence-electron chi connectivity index (χ0n) is 6.65. The van der Waals surface area contributed by atoms with Gasteiger partial charge in [-0.1, -0.05) is 25.3 Å². The predicted octanol–water partition coefficient (Wildman–Crippen LogP) is 3.05. The standard InChI is InChI=1S/C10H13F/c11-9-5-3-1-2-4-6-10-7-8-10/h1,3,10H,2,4,6-8H2. The average Bonchev–Trinajstić information content (AvgIpc) is 2.80. The lowest BCUT2D eigenvalue weighted by Crippen LogP contribution is -1.74. The first-order valence-electron chi connectivity index (χ1n) is 4.19. The molecule has 1 rings (SSSR count). The van der Waals surface area contributed by atoms with Gasteiger partial charge in [-0.05, 0) is 30.8 Å². The van der Waals surface area contributed by atoms with Crippen LogP contribution < -0.4 is 0 Å². The van der Waals surface area contributed by atoms with E-state index in [4.69, 9.17) is 0 Å². The van der Waals surface area contributed by atoms with Crippen molar-refractivity contribution >= 4 is 0 Å². The van der Waals surface area contributed by atoms with Crippen molar-refractivity contribution in [2.24, 2.45) is 5.92 Å². The second kappa shape index (κ2) is 4.96. The highest BCUT2D eigenvalue weighted by Gasteiger charge is 2.19. The number of halogens is 1. The number of rotatable bonds is 4. The van der Waals surface area contributed by atoms with Gasteiger partial charge < -0.3 is 0 Å². The van der Waals surface area contributed by atoms with Gasteiger partial charge in [0.15, 0.2) is 0 Å². The molecule has 0 aromatic rings. The molecule has 0 atom stereocenters. The summed E-state index contributed by atoms with van der Waals surface area (Å²) in [6, 6.07) is 0. The minimum atomic E-state index is 1.01. The van der Waals surface area contributed by atoms with E-state index >= 15 is 0 Å². The second-order valence-corrected chi connectivity index (χ2v) is 3.02. The maximum atomic E-state index is 11.2. The average molecular weight is 152 g/mol. The monoisotopic (exact) mass is 152 g/mol. The summed E-state index contributed by atoms with van der Waals surface area (Å²) in [4.78, 5) is 0. The van der Waals surface area contributed by atoms with Crippen LogP contribution in [0, 0.1) is 18.0 Å². The molecule has 1 fully saturated rings. The second-order valence-electron chi connectivity index (χ2n) is 3.02. The van der Waals surface area contributed by atoms with E-state index in [2.05, 4.69) is 5.92 Å². The van der Waals surface area contributed by atoms with Crippen molar-refractivity contribution < 1.29 is 4.39 Å². The number of hydrogen-bond donors (Lipinski definition) is 0. The largest absolute Gasteiger partial charge is 0.144 e. The summed E-state index contributed by atoms with van der Waals surface area (Å²) in [6.07, 6.45) is 11.3. The molecule has 0 bridgehead atoms. The Morgan fingerprint density at radius 3 is 2.91 bits per heavy atom. The van der Waals surface area contributed by atoms with E-state index in [0.29, 0.717) is 0 Å². The third-order valence-corrected chi connectivity index (χ3v) is 1.94. The molecule has 0 aromatic heterocycles. The fourth-order valence-electron chi connectivity index (χ4n) is 1.10. The van der Waals surface area contributed by atoms with Crippen LogP contribution in [0.3, 0.4) is 0 Å². The van der Waals surface area contributed by atoms with Gasteiger partial charge >= 0.3 is 0 Å². The van der Waals surface area contributed by atoms with Gasteiger partial charge in [0, 0.05) is 0 Å². The van der Waals surface area contributed by atoms with Crippen molar-refractivity contribution in [3.05, 3.63) is 12.2 Å². The molecular formula is C10H13F. The molecule has 11 heavy (non-hydrogen) atoms. The van der Waals surface area contributed by atoms with Crippen LogP contribution in [-0.2, 0) is 0 Å². The highest BCUT2D eigenvalue weighted by molar-refractivity contribution is 5.11. The number of hydrogen-bond acceptors (Lipinski definition) is 0. The smallest absolute Gasteiger partial charge is 0.110 e.